The summed E-state index contributed by atoms with van der Waals surface area (Å²) in [6.45, 7) is 6.58. The van der Waals surface area contributed by atoms with Crippen LogP contribution >= 0.6 is 0 Å². The Labute approximate surface area is 90.0 Å². The van der Waals surface area contributed by atoms with Gasteiger partial charge < -0.3 is 10.2 Å². The Kier molecular flexibility index (Phi) is 3.11. The van der Waals surface area contributed by atoms with Gasteiger partial charge in [-0.2, -0.15) is 0 Å². The number of rotatable bonds is 3. The maximum Gasteiger partial charge on any atom is 0.125 e. The lowest BCUT2D eigenvalue weighted by molar-refractivity contribution is -0.118. The first-order valence-electron chi connectivity index (χ1n) is 4.95. The van der Waals surface area contributed by atoms with Gasteiger partial charge in [-0.05, 0) is 33.3 Å². The van der Waals surface area contributed by atoms with Crippen LogP contribution < -0.4 is 0 Å². The highest BCUT2D eigenvalue weighted by atomic mass is 16.3. The van der Waals surface area contributed by atoms with Gasteiger partial charge in [0.2, 0.25) is 0 Å². The number of hydrogen-bond donors (Lipinski definition) is 2. The SMILES string of the molecule is Cc1ncc(CC(C)(O)C(C)(C)O)cn1. The van der Waals surface area contributed by atoms with E-state index in [2.05, 4.69) is 9.97 Å². The summed E-state index contributed by atoms with van der Waals surface area (Å²) in [7, 11) is 0. The van der Waals surface area contributed by atoms with Gasteiger partial charge in [0.1, 0.15) is 5.82 Å². The molecule has 1 aromatic rings. The number of aliphatic hydroxyl groups is 2. The minimum atomic E-state index is -1.19. The van der Waals surface area contributed by atoms with Crippen molar-refractivity contribution in [2.45, 2.75) is 45.3 Å². The first-order chi connectivity index (χ1) is 6.72. The Morgan fingerprint density at radius 2 is 1.60 bits per heavy atom. The van der Waals surface area contributed by atoms with Crippen molar-refractivity contribution in [2.75, 3.05) is 0 Å². The summed E-state index contributed by atoms with van der Waals surface area (Å²) in [5.74, 6) is 0.696. The van der Waals surface area contributed by atoms with Gasteiger partial charge in [0.25, 0.3) is 0 Å². The summed E-state index contributed by atoms with van der Waals surface area (Å²) in [5.41, 5.74) is -1.53. The molecule has 0 fully saturated rings. The normalized spacial score (nSPS) is 16.1. The van der Waals surface area contributed by atoms with Crippen LogP contribution in [0.15, 0.2) is 12.4 Å². The smallest absolute Gasteiger partial charge is 0.125 e. The quantitative estimate of drug-likeness (QED) is 0.776. The third-order valence-electron chi connectivity index (χ3n) is 2.70. The standard InChI is InChI=1S/C11H18N2O2/c1-8-12-6-9(7-13-8)5-11(4,15)10(2,3)14/h6-7,14-15H,5H2,1-4H3. The molecular weight excluding hydrogens is 192 g/mol. The molecule has 2 N–H and O–H groups in total. The van der Waals surface area contributed by atoms with E-state index in [9.17, 15) is 10.2 Å². The molecule has 0 bridgehead atoms. The summed E-state index contributed by atoms with van der Waals surface area (Å²) >= 11 is 0. The summed E-state index contributed by atoms with van der Waals surface area (Å²) in [5, 5.41) is 19.8. The third-order valence-corrected chi connectivity index (χ3v) is 2.70. The van der Waals surface area contributed by atoms with Crippen LogP contribution in [-0.2, 0) is 6.42 Å². The van der Waals surface area contributed by atoms with Crippen LogP contribution in [0.4, 0.5) is 0 Å². The second-order valence-corrected chi connectivity index (χ2v) is 4.65. The molecule has 1 aromatic heterocycles. The molecule has 0 aliphatic heterocycles. The van der Waals surface area contributed by atoms with Crippen molar-refractivity contribution in [3.8, 4) is 0 Å². The fourth-order valence-corrected chi connectivity index (χ4v) is 1.12. The molecule has 0 radical (unpaired) electrons. The lowest BCUT2D eigenvalue weighted by Crippen LogP contribution is -2.49. The number of hydrogen-bond acceptors (Lipinski definition) is 4. The van der Waals surface area contributed by atoms with E-state index in [0.29, 0.717) is 12.2 Å². The Hall–Kier alpha value is -1.00. The van der Waals surface area contributed by atoms with E-state index in [4.69, 9.17) is 0 Å². The second-order valence-electron chi connectivity index (χ2n) is 4.65. The highest BCUT2D eigenvalue weighted by molar-refractivity contribution is 5.10. The number of aryl methyl sites for hydroxylation is 1. The molecule has 1 unspecified atom stereocenters. The van der Waals surface area contributed by atoms with Gasteiger partial charge in [-0.1, -0.05) is 0 Å². The lowest BCUT2D eigenvalue weighted by atomic mass is 9.83. The first-order valence-corrected chi connectivity index (χ1v) is 4.95. The first kappa shape index (κ1) is 12.1. The van der Waals surface area contributed by atoms with Crippen molar-refractivity contribution in [1.29, 1.82) is 0 Å². The van der Waals surface area contributed by atoms with E-state index in [0.717, 1.165) is 5.56 Å². The van der Waals surface area contributed by atoms with Gasteiger partial charge in [-0.15, -0.1) is 0 Å². The van der Waals surface area contributed by atoms with Crippen molar-refractivity contribution < 1.29 is 10.2 Å². The van der Waals surface area contributed by atoms with Crippen LogP contribution in [0.25, 0.3) is 0 Å². The molecule has 0 spiro atoms. The minimum absolute atomic E-state index is 0.330. The van der Waals surface area contributed by atoms with Gasteiger partial charge >= 0.3 is 0 Å². The molecule has 0 amide bonds. The molecule has 0 saturated heterocycles. The molecule has 84 valence electrons. The second kappa shape index (κ2) is 3.87. The summed E-state index contributed by atoms with van der Waals surface area (Å²) < 4.78 is 0. The van der Waals surface area contributed by atoms with Crippen molar-refractivity contribution in [2.24, 2.45) is 0 Å². The van der Waals surface area contributed by atoms with Crippen molar-refractivity contribution in [3.63, 3.8) is 0 Å². The predicted molar refractivity (Wildman–Crippen MR) is 57.4 cm³/mol. The van der Waals surface area contributed by atoms with Crippen molar-refractivity contribution >= 4 is 0 Å². The van der Waals surface area contributed by atoms with Crippen LogP contribution in [0, 0.1) is 6.92 Å². The maximum atomic E-state index is 10.1. The van der Waals surface area contributed by atoms with Gasteiger partial charge in [-0.3, -0.25) is 0 Å². The lowest BCUT2D eigenvalue weighted by Gasteiger charge is -2.35. The number of aromatic nitrogens is 2. The molecule has 4 nitrogen and oxygen atoms in total. The molecule has 1 atom stereocenters. The topological polar surface area (TPSA) is 66.2 Å². The fourth-order valence-electron chi connectivity index (χ4n) is 1.12. The molecule has 1 heterocycles. The van der Waals surface area contributed by atoms with Crippen LogP contribution in [0.5, 0.6) is 0 Å². The summed E-state index contributed by atoms with van der Waals surface area (Å²) in [4.78, 5) is 8.08. The van der Waals surface area contributed by atoms with E-state index in [-0.39, 0.29) is 0 Å². The molecule has 0 aliphatic rings. The average Bonchev–Trinajstić information content (AvgIpc) is 2.06. The maximum absolute atomic E-state index is 10.1. The Morgan fingerprint density at radius 3 is 2.00 bits per heavy atom. The van der Waals surface area contributed by atoms with Gasteiger partial charge in [0, 0.05) is 18.8 Å². The largest absolute Gasteiger partial charge is 0.387 e. The van der Waals surface area contributed by atoms with E-state index >= 15 is 0 Å². The average molecular weight is 210 g/mol. The molecule has 1 rings (SSSR count). The van der Waals surface area contributed by atoms with E-state index < -0.39 is 11.2 Å². The minimum Gasteiger partial charge on any atom is -0.387 e. The third kappa shape index (κ3) is 2.97. The number of nitrogens with zero attached hydrogens (tertiary/aromatic N) is 2. The highest BCUT2D eigenvalue weighted by Gasteiger charge is 2.37. The van der Waals surface area contributed by atoms with Gasteiger partial charge in [0.05, 0.1) is 11.2 Å². The van der Waals surface area contributed by atoms with E-state index in [1.807, 2.05) is 0 Å². The molecule has 0 aromatic carbocycles. The monoisotopic (exact) mass is 210 g/mol. The van der Waals surface area contributed by atoms with E-state index in [1.54, 1.807) is 40.1 Å². The Bertz CT molecular complexity index is 325. The fraction of sp³-hybridized carbons (Fsp3) is 0.636. The zero-order valence-corrected chi connectivity index (χ0v) is 9.65. The summed E-state index contributed by atoms with van der Waals surface area (Å²) in [6, 6.07) is 0. The van der Waals surface area contributed by atoms with Crippen LogP contribution in [-0.4, -0.2) is 31.4 Å². The molecule has 0 saturated carbocycles. The molecule has 0 aliphatic carbocycles. The van der Waals surface area contributed by atoms with E-state index in [1.165, 1.54) is 0 Å². The van der Waals surface area contributed by atoms with Crippen molar-refractivity contribution in [1.82, 2.24) is 9.97 Å². The van der Waals surface area contributed by atoms with Crippen LogP contribution in [0.3, 0.4) is 0 Å². The predicted octanol–water partition coefficient (Wildman–Crippen LogP) is 0.849. The van der Waals surface area contributed by atoms with Crippen LogP contribution in [0.2, 0.25) is 0 Å². The Morgan fingerprint density at radius 1 is 1.13 bits per heavy atom. The summed E-state index contributed by atoms with van der Waals surface area (Å²) in [6.07, 6.45) is 3.67. The zero-order chi connectivity index (χ0) is 11.7. The Balaban J connectivity index is 2.82. The zero-order valence-electron chi connectivity index (χ0n) is 9.65. The molecular formula is C11H18N2O2. The molecule has 15 heavy (non-hydrogen) atoms. The highest BCUT2D eigenvalue weighted by Crippen LogP contribution is 2.24. The van der Waals surface area contributed by atoms with Crippen LogP contribution in [0.1, 0.15) is 32.2 Å². The van der Waals surface area contributed by atoms with Gasteiger partial charge in [-0.25, -0.2) is 9.97 Å². The van der Waals surface area contributed by atoms with Crippen molar-refractivity contribution in [3.05, 3.63) is 23.8 Å². The molecule has 4 heteroatoms. The van der Waals surface area contributed by atoms with Gasteiger partial charge in [0.15, 0.2) is 0 Å².